The van der Waals surface area contributed by atoms with Gasteiger partial charge in [0.2, 0.25) is 0 Å². The van der Waals surface area contributed by atoms with Gasteiger partial charge in [-0.05, 0) is 46.5 Å². The van der Waals surface area contributed by atoms with Gasteiger partial charge in [0.05, 0.1) is 17.9 Å². The van der Waals surface area contributed by atoms with Crippen molar-refractivity contribution < 1.29 is 37.1 Å². The minimum atomic E-state index is -4.48. The molecule has 2 fully saturated rings. The van der Waals surface area contributed by atoms with Gasteiger partial charge in [0, 0.05) is 20.0 Å². The molecule has 0 spiro atoms. The van der Waals surface area contributed by atoms with Crippen LogP contribution in [0.4, 0.5) is 18.0 Å². The zero-order valence-electron chi connectivity index (χ0n) is 16.5. The predicted molar refractivity (Wildman–Crippen MR) is 91.7 cm³/mol. The molecule has 7 nitrogen and oxygen atoms in total. The van der Waals surface area contributed by atoms with Gasteiger partial charge in [-0.2, -0.15) is 18.2 Å². The van der Waals surface area contributed by atoms with E-state index < -0.39 is 47.6 Å². The number of hydroxylamine groups is 2. The average Bonchev–Trinajstić information content (AvgIpc) is 2.48. The highest BCUT2D eigenvalue weighted by molar-refractivity contribution is 5.81. The van der Waals surface area contributed by atoms with E-state index in [0.29, 0.717) is 19.4 Å². The zero-order chi connectivity index (χ0) is 21.3. The molecular formula is C18H27F3N2O5. The van der Waals surface area contributed by atoms with Crippen molar-refractivity contribution in [2.24, 2.45) is 11.8 Å². The highest BCUT2D eigenvalue weighted by atomic mass is 19.4. The Bertz CT molecular complexity index is 617. The molecule has 10 heteroatoms. The summed E-state index contributed by atoms with van der Waals surface area (Å²) in [6.07, 6.45) is -4.19. The van der Waals surface area contributed by atoms with Crippen molar-refractivity contribution in [2.45, 2.75) is 71.2 Å². The van der Waals surface area contributed by atoms with Gasteiger partial charge < -0.3 is 14.5 Å². The van der Waals surface area contributed by atoms with Crippen molar-refractivity contribution in [1.82, 2.24) is 9.96 Å². The summed E-state index contributed by atoms with van der Waals surface area (Å²) in [5.74, 6) is -4.66. The minimum Gasteiger partial charge on any atom is -0.444 e. The number of ether oxygens (including phenoxy) is 1. The molecule has 2 amide bonds. The average molecular weight is 408 g/mol. The first-order valence-corrected chi connectivity index (χ1v) is 9.36. The first-order chi connectivity index (χ1) is 12.8. The molecule has 1 saturated heterocycles. The summed E-state index contributed by atoms with van der Waals surface area (Å²) in [7, 11) is 0. The van der Waals surface area contributed by atoms with E-state index in [1.54, 1.807) is 20.8 Å². The van der Waals surface area contributed by atoms with E-state index in [4.69, 9.17) is 9.57 Å². The van der Waals surface area contributed by atoms with E-state index >= 15 is 0 Å². The predicted octanol–water partition coefficient (Wildman–Crippen LogP) is 3.28. The maximum atomic E-state index is 13.1. The smallest absolute Gasteiger partial charge is 0.410 e. The van der Waals surface area contributed by atoms with Gasteiger partial charge in [-0.3, -0.25) is 9.59 Å². The lowest BCUT2D eigenvalue weighted by Gasteiger charge is -2.42. The molecule has 1 saturated carbocycles. The summed E-state index contributed by atoms with van der Waals surface area (Å²) in [6.45, 7) is 6.65. The van der Waals surface area contributed by atoms with Crippen molar-refractivity contribution >= 4 is 18.0 Å². The van der Waals surface area contributed by atoms with E-state index in [9.17, 15) is 27.6 Å². The summed E-state index contributed by atoms with van der Waals surface area (Å²) >= 11 is 0. The second kappa shape index (κ2) is 8.16. The van der Waals surface area contributed by atoms with Crippen LogP contribution in [0.5, 0.6) is 0 Å². The minimum absolute atomic E-state index is 0.0251. The third-order valence-electron chi connectivity index (χ3n) is 4.84. The Morgan fingerprint density at radius 1 is 1.07 bits per heavy atom. The highest BCUT2D eigenvalue weighted by Gasteiger charge is 2.54. The van der Waals surface area contributed by atoms with Crippen LogP contribution in [0.2, 0.25) is 0 Å². The molecule has 0 N–H and O–H groups in total. The molecule has 3 atom stereocenters. The molecule has 2 rings (SSSR count). The van der Waals surface area contributed by atoms with Crippen LogP contribution in [-0.2, 0) is 19.2 Å². The highest BCUT2D eigenvalue weighted by Crippen LogP contribution is 2.46. The summed E-state index contributed by atoms with van der Waals surface area (Å²) in [5.41, 5.74) is -0.707. The van der Waals surface area contributed by atoms with Crippen LogP contribution < -0.4 is 0 Å². The maximum Gasteiger partial charge on any atom is 0.410 e. The second-order valence-corrected chi connectivity index (χ2v) is 8.30. The maximum absolute atomic E-state index is 13.1. The van der Waals surface area contributed by atoms with Crippen LogP contribution in [0, 0.1) is 11.8 Å². The fourth-order valence-corrected chi connectivity index (χ4v) is 3.43. The second-order valence-electron chi connectivity index (χ2n) is 8.30. The molecule has 0 aromatic carbocycles. The normalized spacial score (nSPS) is 25.5. The summed E-state index contributed by atoms with van der Waals surface area (Å²) in [4.78, 5) is 42.9. The van der Waals surface area contributed by atoms with E-state index in [1.807, 2.05) is 0 Å². The van der Waals surface area contributed by atoms with Crippen molar-refractivity contribution in [2.75, 3.05) is 13.1 Å². The molecule has 0 aromatic rings. The molecular weight excluding hydrogens is 381 g/mol. The Labute approximate surface area is 162 Å². The topological polar surface area (TPSA) is 76.2 Å². The van der Waals surface area contributed by atoms with Crippen molar-refractivity contribution in [3.05, 3.63) is 0 Å². The van der Waals surface area contributed by atoms with Crippen LogP contribution in [0.15, 0.2) is 0 Å². The number of piperidine rings is 1. The standard InChI is InChI=1S/C18H27F3N2O5/c1-11(24)28-23(15(25)13-7-8-14(13)18(19,20)21)12-6-5-9-22(10-12)16(26)27-17(2,3)4/h12-14H,5-10H2,1-4H3. The Morgan fingerprint density at radius 3 is 2.18 bits per heavy atom. The van der Waals surface area contributed by atoms with Crippen molar-refractivity contribution in [1.29, 1.82) is 0 Å². The van der Waals surface area contributed by atoms with E-state index in [2.05, 4.69) is 0 Å². The molecule has 1 aliphatic heterocycles. The fraction of sp³-hybridized carbons (Fsp3) is 0.833. The van der Waals surface area contributed by atoms with Crippen LogP contribution in [-0.4, -0.2) is 58.8 Å². The molecule has 28 heavy (non-hydrogen) atoms. The van der Waals surface area contributed by atoms with E-state index in [-0.39, 0.29) is 19.4 Å². The van der Waals surface area contributed by atoms with Crippen LogP contribution in [0.1, 0.15) is 53.4 Å². The number of hydrogen-bond donors (Lipinski definition) is 0. The third-order valence-corrected chi connectivity index (χ3v) is 4.84. The van der Waals surface area contributed by atoms with Gasteiger partial charge in [-0.15, -0.1) is 0 Å². The summed E-state index contributed by atoms with van der Waals surface area (Å²) in [6, 6.07) is -0.716. The first kappa shape index (κ1) is 22.3. The van der Waals surface area contributed by atoms with Gasteiger partial charge in [-0.1, -0.05) is 0 Å². The SMILES string of the molecule is CC(=O)ON(C(=O)C1CCC1C(F)(F)F)C1CCCN(C(=O)OC(C)(C)C)C1. The van der Waals surface area contributed by atoms with Crippen molar-refractivity contribution in [3.63, 3.8) is 0 Å². The molecule has 1 aliphatic carbocycles. The van der Waals surface area contributed by atoms with Crippen molar-refractivity contribution in [3.8, 4) is 0 Å². The van der Waals surface area contributed by atoms with Crippen LogP contribution >= 0.6 is 0 Å². The largest absolute Gasteiger partial charge is 0.444 e. The van der Waals surface area contributed by atoms with Crippen LogP contribution in [0.25, 0.3) is 0 Å². The van der Waals surface area contributed by atoms with E-state index in [1.165, 1.54) is 4.90 Å². The summed E-state index contributed by atoms with van der Waals surface area (Å²) in [5, 5.41) is 0.751. The molecule has 0 bridgehead atoms. The Hall–Kier alpha value is -2.00. The lowest BCUT2D eigenvalue weighted by molar-refractivity contribution is -0.236. The van der Waals surface area contributed by atoms with Gasteiger partial charge in [0.25, 0.3) is 5.91 Å². The molecule has 160 valence electrons. The molecule has 1 heterocycles. The quantitative estimate of drug-likeness (QED) is 0.656. The zero-order valence-corrected chi connectivity index (χ0v) is 16.5. The number of halogens is 3. The molecule has 0 aromatic heterocycles. The third kappa shape index (κ3) is 5.51. The molecule has 0 radical (unpaired) electrons. The first-order valence-electron chi connectivity index (χ1n) is 9.36. The van der Waals surface area contributed by atoms with Gasteiger partial charge in [0.1, 0.15) is 5.60 Å². The fourth-order valence-electron chi connectivity index (χ4n) is 3.43. The Kier molecular flexibility index (Phi) is 6.50. The number of carbonyl (C=O) groups excluding carboxylic acids is 3. The summed E-state index contributed by atoms with van der Waals surface area (Å²) < 4.78 is 44.5. The Balaban J connectivity index is 2.13. The van der Waals surface area contributed by atoms with Crippen LogP contribution in [0.3, 0.4) is 0 Å². The molecule has 2 aliphatic rings. The molecule has 3 unspecified atom stereocenters. The Morgan fingerprint density at radius 2 is 1.71 bits per heavy atom. The van der Waals surface area contributed by atoms with Gasteiger partial charge >= 0.3 is 18.2 Å². The lowest BCUT2D eigenvalue weighted by atomic mass is 9.72. The van der Waals surface area contributed by atoms with E-state index in [0.717, 1.165) is 12.0 Å². The lowest BCUT2D eigenvalue weighted by Crippen LogP contribution is -2.56. The monoisotopic (exact) mass is 408 g/mol. The number of rotatable bonds is 2. The van der Waals surface area contributed by atoms with Gasteiger partial charge in [0.15, 0.2) is 0 Å². The number of amides is 2. The number of alkyl halides is 3. The number of nitrogens with zero attached hydrogens (tertiary/aromatic N) is 2. The number of likely N-dealkylation sites (tertiary alicyclic amines) is 1. The number of hydrogen-bond acceptors (Lipinski definition) is 5. The number of carbonyl (C=O) groups is 3. The van der Waals surface area contributed by atoms with Gasteiger partial charge in [-0.25, -0.2) is 4.79 Å².